The van der Waals surface area contributed by atoms with E-state index >= 15 is 0 Å². The van der Waals surface area contributed by atoms with Crippen LogP contribution in [-0.4, -0.2) is 31.2 Å². The van der Waals surface area contributed by atoms with Crippen LogP contribution in [0.2, 0.25) is 0 Å². The summed E-state index contributed by atoms with van der Waals surface area (Å²) in [4.78, 5) is 0. The largest absolute Gasteiger partial charge is 0.373 e. The Labute approximate surface area is 98.7 Å². The molecular weight excluding hydrogens is 228 g/mol. The molecule has 2 saturated carbocycles. The van der Waals surface area contributed by atoms with Crippen LogP contribution in [-0.2, 0) is 14.2 Å². The summed E-state index contributed by atoms with van der Waals surface area (Å²) in [6.45, 7) is 0. The van der Waals surface area contributed by atoms with Crippen LogP contribution in [0.3, 0.4) is 0 Å². The molecule has 3 aliphatic carbocycles. The van der Waals surface area contributed by atoms with Crippen LogP contribution in [0.4, 0.5) is 0 Å². The number of hydrogen-bond acceptors (Lipinski definition) is 3. The first-order valence-electron chi connectivity index (χ1n) is 6.02. The molecule has 8 unspecified atom stereocenters. The Morgan fingerprint density at radius 3 is 3.25 bits per heavy atom. The van der Waals surface area contributed by atoms with Crippen molar-refractivity contribution in [2.45, 2.75) is 30.5 Å². The molecular formula is C12H13ClO3. The van der Waals surface area contributed by atoms with E-state index in [4.69, 9.17) is 25.8 Å². The van der Waals surface area contributed by atoms with Crippen LogP contribution in [0.5, 0.6) is 0 Å². The van der Waals surface area contributed by atoms with Gasteiger partial charge in [0.15, 0.2) is 5.79 Å². The molecule has 0 amide bonds. The lowest BCUT2D eigenvalue weighted by atomic mass is 9.66. The van der Waals surface area contributed by atoms with Gasteiger partial charge in [0.25, 0.3) is 0 Å². The van der Waals surface area contributed by atoms with Crippen LogP contribution < -0.4 is 0 Å². The summed E-state index contributed by atoms with van der Waals surface area (Å²) in [5.74, 6) is 1.31. The molecule has 0 aromatic rings. The number of methoxy groups -OCH3 is 1. The molecule has 0 aromatic heterocycles. The highest BCUT2D eigenvalue weighted by Gasteiger charge is 2.79. The third-order valence-corrected chi connectivity index (χ3v) is 5.78. The minimum atomic E-state index is -0.398. The van der Waals surface area contributed by atoms with Gasteiger partial charge in [-0.25, -0.2) is 0 Å². The van der Waals surface area contributed by atoms with E-state index in [1.807, 2.05) is 0 Å². The second kappa shape index (κ2) is 2.37. The van der Waals surface area contributed by atoms with E-state index in [9.17, 15) is 0 Å². The van der Waals surface area contributed by atoms with Crippen LogP contribution in [0.15, 0.2) is 11.1 Å². The molecule has 0 aromatic carbocycles. The Balaban J connectivity index is 1.81. The minimum absolute atomic E-state index is 0.0307. The SMILES string of the molecule is COC12OC3C(Cl)=CC4C5OC(CC41)C2C35. The average Bonchev–Trinajstić information content (AvgIpc) is 2.83. The summed E-state index contributed by atoms with van der Waals surface area (Å²) in [6, 6.07) is 0. The zero-order chi connectivity index (χ0) is 10.7. The summed E-state index contributed by atoms with van der Waals surface area (Å²) in [7, 11) is 1.77. The van der Waals surface area contributed by atoms with Crippen molar-refractivity contribution in [2.75, 3.05) is 7.11 Å². The van der Waals surface area contributed by atoms with E-state index in [2.05, 4.69) is 6.08 Å². The van der Waals surface area contributed by atoms with E-state index in [1.165, 1.54) is 0 Å². The number of halogens is 1. The highest BCUT2D eigenvalue weighted by Crippen LogP contribution is 2.71. The van der Waals surface area contributed by atoms with Crippen LogP contribution >= 0.6 is 11.6 Å². The summed E-state index contributed by atoms with van der Waals surface area (Å²) in [5.41, 5.74) is 0. The van der Waals surface area contributed by atoms with Gasteiger partial charge in [-0.15, -0.1) is 0 Å². The Bertz CT molecular complexity index is 422. The summed E-state index contributed by atoms with van der Waals surface area (Å²) < 4.78 is 18.1. The zero-order valence-corrected chi connectivity index (χ0v) is 9.68. The molecule has 2 aliphatic heterocycles. The Hall–Kier alpha value is -0.0900. The monoisotopic (exact) mass is 240 g/mol. The number of ether oxygens (including phenoxy) is 3. The molecule has 16 heavy (non-hydrogen) atoms. The number of rotatable bonds is 1. The maximum absolute atomic E-state index is 6.33. The van der Waals surface area contributed by atoms with E-state index in [0.29, 0.717) is 35.9 Å². The fraction of sp³-hybridized carbons (Fsp3) is 0.833. The quantitative estimate of drug-likeness (QED) is 0.696. The highest BCUT2D eigenvalue weighted by molar-refractivity contribution is 6.30. The van der Waals surface area contributed by atoms with Gasteiger partial charge < -0.3 is 14.2 Å². The van der Waals surface area contributed by atoms with Gasteiger partial charge in [-0.1, -0.05) is 17.7 Å². The molecule has 86 valence electrons. The van der Waals surface area contributed by atoms with Gasteiger partial charge in [0.1, 0.15) is 6.10 Å². The van der Waals surface area contributed by atoms with Gasteiger partial charge in [-0.3, -0.25) is 0 Å². The van der Waals surface area contributed by atoms with Crippen LogP contribution in [0.1, 0.15) is 6.42 Å². The Morgan fingerprint density at radius 2 is 2.44 bits per heavy atom. The van der Waals surface area contributed by atoms with Gasteiger partial charge >= 0.3 is 0 Å². The van der Waals surface area contributed by atoms with Crippen molar-refractivity contribution >= 4 is 11.6 Å². The lowest BCUT2D eigenvalue weighted by molar-refractivity contribution is -0.245. The lowest BCUT2D eigenvalue weighted by Gasteiger charge is -2.42. The average molecular weight is 241 g/mol. The molecule has 0 spiro atoms. The molecule has 4 heteroatoms. The molecule has 0 radical (unpaired) electrons. The van der Waals surface area contributed by atoms with E-state index in [1.54, 1.807) is 7.11 Å². The Morgan fingerprint density at radius 1 is 1.56 bits per heavy atom. The molecule has 5 rings (SSSR count). The van der Waals surface area contributed by atoms with Gasteiger partial charge in [-0.05, 0) is 6.42 Å². The van der Waals surface area contributed by atoms with E-state index in [0.717, 1.165) is 11.5 Å². The summed E-state index contributed by atoms with van der Waals surface area (Å²) >= 11 is 6.33. The topological polar surface area (TPSA) is 27.7 Å². The number of fused-ring (bicyclic) bond motifs is 1. The molecule has 0 N–H and O–H groups in total. The van der Waals surface area contributed by atoms with Gasteiger partial charge in [0, 0.05) is 35.8 Å². The molecule has 5 aliphatic rings. The molecule has 8 atom stereocenters. The van der Waals surface area contributed by atoms with Gasteiger partial charge in [0.05, 0.1) is 12.2 Å². The second-order valence-corrected chi connectivity index (χ2v) is 6.11. The maximum Gasteiger partial charge on any atom is 0.178 e. The minimum Gasteiger partial charge on any atom is -0.373 e. The smallest absolute Gasteiger partial charge is 0.178 e. The van der Waals surface area contributed by atoms with Crippen molar-refractivity contribution in [1.82, 2.24) is 0 Å². The maximum atomic E-state index is 6.33. The molecule has 4 fully saturated rings. The molecule has 2 saturated heterocycles. The highest BCUT2D eigenvalue weighted by atomic mass is 35.5. The van der Waals surface area contributed by atoms with Crippen molar-refractivity contribution < 1.29 is 14.2 Å². The fourth-order valence-electron chi connectivity index (χ4n) is 5.09. The summed E-state index contributed by atoms with van der Waals surface area (Å²) in [6.07, 6.45) is 3.95. The first kappa shape index (κ1) is 8.92. The first-order valence-corrected chi connectivity index (χ1v) is 6.40. The zero-order valence-electron chi connectivity index (χ0n) is 8.93. The van der Waals surface area contributed by atoms with E-state index in [-0.39, 0.29) is 6.10 Å². The number of hydrogen-bond donors (Lipinski definition) is 0. The standard InChI is InChI=1S/C12H13ClO3/c1-14-12-5-3-7-9(12)8-10(15-7)4(5)2-6(13)11(8)16-12/h2,4-5,7-11H,3H2,1H3. The predicted molar refractivity (Wildman–Crippen MR) is 55.8 cm³/mol. The normalized spacial score (nSPS) is 68.1. The third-order valence-electron chi connectivity index (χ3n) is 5.44. The summed E-state index contributed by atoms with van der Waals surface area (Å²) in [5, 5.41) is 0.879. The predicted octanol–water partition coefficient (Wildman–Crippen LogP) is 1.51. The fourth-order valence-corrected chi connectivity index (χ4v) is 5.43. The van der Waals surface area contributed by atoms with Crippen LogP contribution in [0.25, 0.3) is 0 Å². The first-order chi connectivity index (χ1) is 7.76. The van der Waals surface area contributed by atoms with Gasteiger partial charge in [-0.2, -0.15) is 0 Å². The Kier molecular flexibility index (Phi) is 1.32. The molecule has 3 nitrogen and oxygen atoms in total. The lowest BCUT2D eigenvalue weighted by Crippen LogP contribution is -2.51. The van der Waals surface area contributed by atoms with Gasteiger partial charge in [0.2, 0.25) is 0 Å². The third kappa shape index (κ3) is 0.646. The van der Waals surface area contributed by atoms with E-state index < -0.39 is 5.79 Å². The van der Waals surface area contributed by atoms with Crippen molar-refractivity contribution in [3.05, 3.63) is 11.1 Å². The van der Waals surface area contributed by atoms with Crippen molar-refractivity contribution in [1.29, 1.82) is 0 Å². The van der Waals surface area contributed by atoms with Crippen molar-refractivity contribution in [3.63, 3.8) is 0 Å². The second-order valence-electron chi connectivity index (χ2n) is 5.68. The van der Waals surface area contributed by atoms with Crippen molar-refractivity contribution in [3.8, 4) is 0 Å². The molecule has 2 heterocycles. The van der Waals surface area contributed by atoms with Crippen LogP contribution in [0, 0.1) is 23.7 Å². The molecule has 6 bridgehead atoms. The van der Waals surface area contributed by atoms with Crippen molar-refractivity contribution in [2.24, 2.45) is 23.7 Å².